The minimum Gasteiger partial charge on any atom is -0.394 e. The van der Waals surface area contributed by atoms with Crippen molar-refractivity contribution < 1.29 is 39.8 Å². The normalized spacial score (nSPS) is 20.1. The molecule has 1 fully saturated rings. The molecule has 386 valence electrons. The summed E-state index contributed by atoms with van der Waals surface area (Å²) in [5, 5.41) is 54.4. The van der Waals surface area contributed by atoms with Crippen LogP contribution < -0.4 is 5.32 Å². The average molecular weight is 932 g/mol. The molecule has 0 spiro atoms. The smallest absolute Gasteiger partial charge is 0.220 e. The zero-order valence-electron chi connectivity index (χ0n) is 42.7. The Kier molecular flexibility index (Phi) is 44.1. The van der Waals surface area contributed by atoms with Gasteiger partial charge in [-0.3, -0.25) is 4.79 Å². The predicted octanol–water partition coefficient (Wildman–Crippen LogP) is 13.3. The number of hydrogen-bond donors (Lipinski definition) is 6. The first-order valence-corrected chi connectivity index (χ1v) is 27.9. The molecule has 0 saturated carbocycles. The van der Waals surface area contributed by atoms with E-state index in [1.54, 1.807) is 6.08 Å². The van der Waals surface area contributed by atoms with E-state index in [1.807, 2.05) is 6.08 Å². The van der Waals surface area contributed by atoms with Gasteiger partial charge in [0.15, 0.2) is 6.29 Å². The van der Waals surface area contributed by atoms with E-state index < -0.39 is 49.5 Å². The van der Waals surface area contributed by atoms with Crippen LogP contribution in [-0.4, -0.2) is 87.5 Å². The van der Waals surface area contributed by atoms with E-state index in [0.717, 1.165) is 57.8 Å². The van der Waals surface area contributed by atoms with Crippen molar-refractivity contribution in [2.45, 2.75) is 294 Å². The second kappa shape index (κ2) is 46.9. The highest BCUT2D eigenvalue weighted by Gasteiger charge is 2.44. The Morgan fingerprint density at radius 1 is 0.500 bits per heavy atom. The Morgan fingerprint density at radius 3 is 1.27 bits per heavy atom. The molecule has 9 nitrogen and oxygen atoms in total. The van der Waals surface area contributed by atoms with Crippen LogP contribution in [0.2, 0.25) is 0 Å². The monoisotopic (exact) mass is 932 g/mol. The predicted molar refractivity (Wildman–Crippen MR) is 276 cm³/mol. The van der Waals surface area contributed by atoms with Crippen molar-refractivity contribution in [1.82, 2.24) is 5.32 Å². The van der Waals surface area contributed by atoms with Crippen LogP contribution in [0, 0.1) is 0 Å². The highest BCUT2D eigenvalue weighted by atomic mass is 16.7. The van der Waals surface area contributed by atoms with Gasteiger partial charge in [-0.2, -0.15) is 0 Å². The second-order valence-corrected chi connectivity index (χ2v) is 19.4. The lowest BCUT2D eigenvalue weighted by molar-refractivity contribution is -0.302. The number of nitrogens with one attached hydrogen (secondary N) is 1. The van der Waals surface area contributed by atoms with Crippen molar-refractivity contribution in [2.75, 3.05) is 13.2 Å². The van der Waals surface area contributed by atoms with E-state index in [2.05, 4.69) is 55.6 Å². The van der Waals surface area contributed by atoms with Crippen molar-refractivity contribution in [2.24, 2.45) is 0 Å². The third-order valence-electron chi connectivity index (χ3n) is 13.1. The molecular weight excluding hydrogens is 827 g/mol. The van der Waals surface area contributed by atoms with Gasteiger partial charge in [-0.1, -0.05) is 223 Å². The minimum absolute atomic E-state index is 0.194. The molecule has 0 radical (unpaired) electrons. The fourth-order valence-corrected chi connectivity index (χ4v) is 8.65. The van der Waals surface area contributed by atoms with Crippen molar-refractivity contribution in [1.29, 1.82) is 0 Å². The molecule has 0 aromatic heterocycles. The molecular formula is C57H105NO8. The Morgan fingerprint density at radius 2 is 0.864 bits per heavy atom. The van der Waals surface area contributed by atoms with Crippen LogP contribution in [0.3, 0.4) is 0 Å². The van der Waals surface area contributed by atoms with E-state index in [4.69, 9.17) is 9.47 Å². The molecule has 0 bridgehead atoms. The number of ether oxygens (including phenoxy) is 2. The Balaban J connectivity index is 2.30. The average Bonchev–Trinajstić information content (AvgIpc) is 3.32. The molecule has 7 unspecified atom stereocenters. The van der Waals surface area contributed by atoms with Crippen LogP contribution in [0.4, 0.5) is 0 Å². The van der Waals surface area contributed by atoms with Gasteiger partial charge in [0, 0.05) is 6.42 Å². The standard InChI is InChI=1S/C57H105NO8/c1-3-5-7-9-11-13-15-17-19-21-23-25-26-27-28-30-32-34-36-38-40-42-44-46-51(60)50(49-65-57-56(64)55(63)54(62)52(48-59)66-57)58-53(61)47-45-43-41-39-37-35-33-31-29-24-22-20-18-16-14-12-10-8-6-4-2/h24,28-30,36,38,44,46,50-52,54-57,59-60,62-64H,3-23,25-27,31-35,37,39-43,45,47-49H2,1-2H3,(H,58,61)/b29-24-,30-28+,38-36+,46-44+. The van der Waals surface area contributed by atoms with E-state index in [-0.39, 0.29) is 12.5 Å². The summed E-state index contributed by atoms with van der Waals surface area (Å²) >= 11 is 0. The summed E-state index contributed by atoms with van der Waals surface area (Å²) in [6, 6.07) is -0.831. The van der Waals surface area contributed by atoms with Gasteiger partial charge in [0.1, 0.15) is 24.4 Å². The molecule has 1 heterocycles. The molecule has 1 aliphatic rings. The van der Waals surface area contributed by atoms with Gasteiger partial charge >= 0.3 is 0 Å². The minimum atomic E-state index is -1.58. The molecule has 1 saturated heterocycles. The van der Waals surface area contributed by atoms with Crippen molar-refractivity contribution in [3.63, 3.8) is 0 Å². The fourth-order valence-electron chi connectivity index (χ4n) is 8.65. The molecule has 0 aliphatic carbocycles. The van der Waals surface area contributed by atoms with Gasteiger partial charge in [0.2, 0.25) is 5.91 Å². The van der Waals surface area contributed by atoms with Gasteiger partial charge < -0.3 is 40.3 Å². The van der Waals surface area contributed by atoms with Gasteiger partial charge in [0.25, 0.3) is 0 Å². The first-order chi connectivity index (χ1) is 32.3. The molecule has 7 atom stereocenters. The molecule has 66 heavy (non-hydrogen) atoms. The highest BCUT2D eigenvalue weighted by Crippen LogP contribution is 2.23. The zero-order chi connectivity index (χ0) is 48.0. The summed E-state index contributed by atoms with van der Waals surface area (Å²) < 4.78 is 11.2. The number of amides is 1. The number of aliphatic hydroxyl groups excluding tert-OH is 5. The van der Waals surface area contributed by atoms with Crippen LogP contribution >= 0.6 is 0 Å². The third-order valence-corrected chi connectivity index (χ3v) is 13.1. The summed E-state index contributed by atoms with van der Waals surface area (Å²) in [5.41, 5.74) is 0. The SMILES string of the molecule is CCCCCCCCCCC/C=C\CCCCCCCCCC(=O)NC(COC1OC(CO)C(O)C(O)C1O)C(O)/C=C/CC/C=C/CC/C=C/CCCCCCCCCCCCCCC. The maximum Gasteiger partial charge on any atom is 0.220 e. The number of carbonyl (C=O) groups is 1. The van der Waals surface area contributed by atoms with Crippen LogP contribution in [0.5, 0.6) is 0 Å². The van der Waals surface area contributed by atoms with Crippen LogP contribution in [-0.2, 0) is 14.3 Å². The lowest BCUT2D eigenvalue weighted by atomic mass is 9.99. The lowest BCUT2D eigenvalue weighted by Gasteiger charge is -2.40. The second-order valence-electron chi connectivity index (χ2n) is 19.4. The van der Waals surface area contributed by atoms with Crippen molar-refractivity contribution in [3.8, 4) is 0 Å². The summed E-state index contributed by atoms with van der Waals surface area (Å²) in [4.78, 5) is 13.0. The van der Waals surface area contributed by atoms with E-state index in [1.165, 1.54) is 173 Å². The maximum atomic E-state index is 13.0. The number of unbranched alkanes of at least 4 members (excludes halogenated alkanes) is 31. The quantitative estimate of drug-likeness (QED) is 0.0261. The van der Waals surface area contributed by atoms with Crippen molar-refractivity contribution in [3.05, 3.63) is 48.6 Å². The molecule has 1 amide bonds. The lowest BCUT2D eigenvalue weighted by Crippen LogP contribution is -2.60. The summed E-state index contributed by atoms with van der Waals surface area (Å²) in [5.74, 6) is -0.194. The van der Waals surface area contributed by atoms with Crippen LogP contribution in [0.25, 0.3) is 0 Å². The Labute approximate surface area is 405 Å². The molecule has 1 rings (SSSR count). The number of carbonyl (C=O) groups excluding carboxylic acids is 1. The van der Waals surface area contributed by atoms with E-state index in [9.17, 15) is 30.3 Å². The van der Waals surface area contributed by atoms with E-state index in [0.29, 0.717) is 6.42 Å². The van der Waals surface area contributed by atoms with Crippen molar-refractivity contribution >= 4 is 5.91 Å². The fraction of sp³-hybridized carbons (Fsp3) is 0.842. The van der Waals surface area contributed by atoms with Crippen LogP contribution in [0.15, 0.2) is 48.6 Å². The number of rotatable bonds is 47. The number of allylic oxidation sites excluding steroid dienone is 7. The first-order valence-electron chi connectivity index (χ1n) is 27.9. The summed E-state index contributed by atoms with van der Waals surface area (Å²) in [7, 11) is 0. The van der Waals surface area contributed by atoms with Gasteiger partial charge in [-0.05, 0) is 70.6 Å². The summed E-state index contributed by atoms with van der Waals surface area (Å²) in [6.45, 7) is 3.77. The number of aliphatic hydroxyl groups is 5. The van der Waals surface area contributed by atoms with E-state index >= 15 is 0 Å². The summed E-state index contributed by atoms with van der Waals surface area (Å²) in [6.07, 6.45) is 54.6. The molecule has 9 heteroatoms. The topological polar surface area (TPSA) is 149 Å². The van der Waals surface area contributed by atoms with Gasteiger partial charge in [-0.15, -0.1) is 0 Å². The highest BCUT2D eigenvalue weighted by molar-refractivity contribution is 5.76. The Hall–Kier alpha value is -1.85. The number of hydrogen-bond acceptors (Lipinski definition) is 8. The maximum absolute atomic E-state index is 13.0. The molecule has 0 aromatic rings. The first kappa shape index (κ1) is 62.2. The Bertz CT molecular complexity index is 1170. The molecule has 0 aromatic carbocycles. The molecule has 6 N–H and O–H groups in total. The van der Waals surface area contributed by atoms with Gasteiger partial charge in [0.05, 0.1) is 25.4 Å². The molecule has 1 aliphatic heterocycles. The zero-order valence-corrected chi connectivity index (χ0v) is 42.7. The third kappa shape index (κ3) is 36.2. The largest absolute Gasteiger partial charge is 0.394 e. The van der Waals surface area contributed by atoms with Crippen LogP contribution in [0.1, 0.15) is 251 Å². The van der Waals surface area contributed by atoms with Gasteiger partial charge in [-0.25, -0.2) is 0 Å².